The van der Waals surface area contributed by atoms with Gasteiger partial charge in [-0.25, -0.2) is 4.98 Å². The molecule has 0 saturated heterocycles. The highest BCUT2D eigenvalue weighted by atomic mass is 32.1. The first kappa shape index (κ1) is 10.7. The van der Waals surface area contributed by atoms with Gasteiger partial charge in [-0.1, -0.05) is 20.8 Å². The van der Waals surface area contributed by atoms with Crippen molar-refractivity contribution in [2.45, 2.75) is 33.7 Å². The average Bonchev–Trinajstić information content (AvgIpc) is 2.50. The molecular weight excluding hydrogens is 180 g/mol. The number of hydrogen-bond acceptors (Lipinski definition) is 3. The molecule has 0 aliphatic heterocycles. The molecule has 0 spiro atoms. The Labute approximate surface area is 84.4 Å². The molecule has 13 heavy (non-hydrogen) atoms. The van der Waals surface area contributed by atoms with E-state index in [1.54, 1.807) is 11.3 Å². The Morgan fingerprint density at radius 3 is 2.69 bits per heavy atom. The second kappa shape index (κ2) is 4.20. The van der Waals surface area contributed by atoms with Crippen LogP contribution in [0.5, 0.6) is 0 Å². The first-order valence-electron chi connectivity index (χ1n) is 4.62. The molecule has 1 unspecified atom stereocenters. The normalized spacial score (nSPS) is 14.5. The van der Waals surface area contributed by atoms with Crippen LogP contribution in [0.3, 0.4) is 0 Å². The molecule has 0 amide bonds. The topological polar surface area (TPSA) is 24.9 Å². The monoisotopic (exact) mass is 198 g/mol. The minimum absolute atomic E-state index is 0.339. The van der Waals surface area contributed by atoms with Gasteiger partial charge in [-0.2, -0.15) is 0 Å². The van der Waals surface area contributed by atoms with E-state index in [2.05, 4.69) is 38.0 Å². The lowest BCUT2D eigenvalue weighted by Crippen LogP contribution is -2.29. The molecule has 74 valence electrons. The molecule has 1 aromatic heterocycles. The first-order valence-corrected chi connectivity index (χ1v) is 5.50. The second-order valence-electron chi connectivity index (χ2n) is 4.53. The minimum atomic E-state index is 0.339. The number of nitrogens with zero attached hydrogens (tertiary/aromatic N) is 1. The van der Waals surface area contributed by atoms with Crippen LogP contribution in [0.15, 0.2) is 11.6 Å². The third-order valence-corrected chi connectivity index (χ3v) is 2.72. The molecule has 0 radical (unpaired) electrons. The quantitative estimate of drug-likeness (QED) is 0.808. The van der Waals surface area contributed by atoms with E-state index in [0.29, 0.717) is 11.5 Å². The smallest absolute Gasteiger partial charge is 0.109 e. The van der Waals surface area contributed by atoms with Gasteiger partial charge >= 0.3 is 0 Å². The predicted octanol–water partition coefficient (Wildman–Crippen LogP) is 2.84. The number of nitrogens with one attached hydrogen (secondary N) is 1. The van der Waals surface area contributed by atoms with Crippen LogP contribution < -0.4 is 5.32 Å². The van der Waals surface area contributed by atoms with Crippen LogP contribution >= 0.6 is 11.3 Å². The lowest BCUT2D eigenvalue weighted by molar-refractivity contribution is 0.359. The summed E-state index contributed by atoms with van der Waals surface area (Å²) >= 11 is 1.71. The van der Waals surface area contributed by atoms with Gasteiger partial charge in [0.25, 0.3) is 0 Å². The van der Waals surface area contributed by atoms with Gasteiger partial charge in [-0.3, -0.25) is 0 Å². The van der Waals surface area contributed by atoms with E-state index in [1.165, 1.54) is 5.01 Å². The van der Waals surface area contributed by atoms with Crippen molar-refractivity contribution in [1.29, 1.82) is 0 Å². The van der Waals surface area contributed by atoms with E-state index in [1.807, 2.05) is 11.6 Å². The van der Waals surface area contributed by atoms with E-state index in [-0.39, 0.29) is 0 Å². The van der Waals surface area contributed by atoms with Gasteiger partial charge in [-0.15, -0.1) is 11.3 Å². The van der Waals surface area contributed by atoms with Crippen LogP contribution in [0.4, 0.5) is 0 Å². The standard InChI is InChI=1S/C10H18N2S/c1-8(9-11-5-6-13-9)12-7-10(2,3)4/h5-6,8,12H,7H2,1-4H3. The first-order chi connectivity index (χ1) is 5.99. The summed E-state index contributed by atoms with van der Waals surface area (Å²) in [5.74, 6) is 0. The summed E-state index contributed by atoms with van der Waals surface area (Å²) < 4.78 is 0. The molecule has 0 fully saturated rings. The van der Waals surface area contributed by atoms with Gasteiger partial charge in [0, 0.05) is 18.1 Å². The van der Waals surface area contributed by atoms with E-state index < -0.39 is 0 Å². The van der Waals surface area contributed by atoms with Gasteiger partial charge in [0.2, 0.25) is 0 Å². The SMILES string of the molecule is CC(NCC(C)(C)C)c1nccs1. The van der Waals surface area contributed by atoms with Crippen molar-refractivity contribution < 1.29 is 0 Å². The van der Waals surface area contributed by atoms with Gasteiger partial charge in [-0.05, 0) is 12.3 Å². The van der Waals surface area contributed by atoms with Crippen LogP contribution in [-0.2, 0) is 0 Å². The maximum atomic E-state index is 4.27. The summed E-state index contributed by atoms with van der Waals surface area (Å²) in [6, 6.07) is 0.374. The van der Waals surface area contributed by atoms with Crippen LogP contribution in [0.2, 0.25) is 0 Å². The van der Waals surface area contributed by atoms with Crippen LogP contribution in [0, 0.1) is 5.41 Å². The van der Waals surface area contributed by atoms with Crippen LogP contribution in [-0.4, -0.2) is 11.5 Å². The van der Waals surface area contributed by atoms with Crippen molar-refractivity contribution in [3.8, 4) is 0 Å². The maximum absolute atomic E-state index is 4.27. The van der Waals surface area contributed by atoms with Gasteiger partial charge in [0.05, 0.1) is 6.04 Å². The van der Waals surface area contributed by atoms with E-state index >= 15 is 0 Å². The van der Waals surface area contributed by atoms with E-state index in [0.717, 1.165) is 6.54 Å². The lowest BCUT2D eigenvalue weighted by atomic mass is 9.97. The summed E-state index contributed by atoms with van der Waals surface area (Å²) in [5, 5.41) is 6.66. The third-order valence-electron chi connectivity index (χ3n) is 1.76. The zero-order valence-electron chi connectivity index (χ0n) is 8.79. The summed E-state index contributed by atoms with van der Waals surface area (Å²) in [4.78, 5) is 4.27. The fraction of sp³-hybridized carbons (Fsp3) is 0.700. The van der Waals surface area contributed by atoms with Crippen LogP contribution in [0.1, 0.15) is 38.7 Å². The fourth-order valence-corrected chi connectivity index (χ4v) is 1.67. The Hall–Kier alpha value is -0.410. The Morgan fingerprint density at radius 1 is 1.54 bits per heavy atom. The second-order valence-corrected chi connectivity index (χ2v) is 5.46. The lowest BCUT2D eigenvalue weighted by Gasteiger charge is -2.21. The van der Waals surface area contributed by atoms with Crippen molar-refractivity contribution in [2.24, 2.45) is 5.41 Å². The van der Waals surface area contributed by atoms with E-state index in [4.69, 9.17) is 0 Å². The largest absolute Gasteiger partial charge is 0.308 e. The van der Waals surface area contributed by atoms with Gasteiger partial charge in [0.15, 0.2) is 0 Å². The Balaban J connectivity index is 2.39. The van der Waals surface area contributed by atoms with Crippen molar-refractivity contribution in [2.75, 3.05) is 6.54 Å². The zero-order chi connectivity index (χ0) is 9.90. The molecule has 0 aliphatic rings. The maximum Gasteiger partial charge on any atom is 0.109 e. The molecule has 2 nitrogen and oxygen atoms in total. The highest BCUT2D eigenvalue weighted by Gasteiger charge is 2.13. The molecule has 0 aliphatic carbocycles. The van der Waals surface area contributed by atoms with Crippen LogP contribution in [0.25, 0.3) is 0 Å². The molecule has 3 heteroatoms. The molecule has 1 aromatic rings. The molecule has 1 heterocycles. The molecule has 1 rings (SSSR count). The molecule has 0 saturated carbocycles. The average molecular weight is 198 g/mol. The summed E-state index contributed by atoms with van der Waals surface area (Å²) in [5.41, 5.74) is 0.339. The fourth-order valence-electron chi connectivity index (χ4n) is 0.995. The minimum Gasteiger partial charge on any atom is -0.308 e. The van der Waals surface area contributed by atoms with Crippen molar-refractivity contribution >= 4 is 11.3 Å². The Morgan fingerprint density at radius 2 is 2.23 bits per heavy atom. The number of thiazole rings is 1. The molecule has 1 atom stereocenters. The summed E-state index contributed by atoms with van der Waals surface area (Å²) in [6.07, 6.45) is 1.86. The summed E-state index contributed by atoms with van der Waals surface area (Å²) in [7, 11) is 0. The Bertz CT molecular complexity index is 236. The molecule has 0 bridgehead atoms. The number of rotatable bonds is 3. The summed E-state index contributed by atoms with van der Waals surface area (Å²) in [6.45, 7) is 9.87. The highest BCUT2D eigenvalue weighted by molar-refractivity contribution is 7.09. The van der Waals surface area contributed by atoms with Crippen molar-refractivity contribution in [1.82, 2.24) is 10.3 Å². The number of aromatic nitrogens is 1. The Kier molecular flexibility index (Phi) is 3.45. The predicted molar refractivity (Wildman–Crippen MR) is 58.0 cm³/mol. The zero-order valence-corrected chi connectivity index (χ0v) is 9.61. The highest BCUT2D eigenvalue weighted by Crippen LogP contribution is 2.17. The van der Waals surface area contributed by atoms with Crippen molar-refractivity contribution in [3.05, 3.63) is 16.6 Å². The van der Waals surface area contributed by atoms with E-state index in [9.17, 15) is 0 Å². The third kappa shape index (κ3) is 3.87. The van der Waals surface area contributed by atoms with Gasteiger partial charge < -0.3 is 5.32 Å². The molecular formula is C10H18N2S. The number of hydrogen-bond donors (Lipinski definition) is 1. The van der Waals surface area contributed by atoms with Gasteiger partial charge in [0.1, 0.15) is 5.01 Å². The molecule has 1 N–H and O–H groups in total. The van der Waals surface area contributed by atoms with Crippen molar-refractivity contribution in [3.63, 3.8) is 0 Å². The molecule has 0 aromatic carbocycles.